The predicted octanol–water partition coefficient (Wildman–Crippen LogP) is 2.43. The van der Waals surface area contributed by atoms with E-state index in [0.717, 1.165) is 18.3 Å². The minimum Gasteiger partial charge on any atom is -0.310 e. The van der Waals surface area contributed by atoms with Crippen molar-refractivity contribution >= 4 is 0 Å². The predicted molar refractivity (Wildman–Crippen MR) is 68.2 cm³/mol. The van der Waals surface area contributed by atoms with Crippen molar-refractivity contribution in [1.82, 2.24) is 15.1 Å². The summed E-state index contributed by atoms with van der Waals surface area (Å²) in [5, 5.41) is 7.99. The minimum absolute atomic E-state index is 0.745. The molecule has 1 aromatic carbocycles. The second-order valence-corrected chi connectivity index (χ2v) is 4.66. The number of benzene rings is 1. The largest absolute Gasteiger partial charge is 0.310 e. The van der Waals surface area contributed by atoms with Crippen LogP contribution < -0.4 is 5.32 Å². The zero-order valence-electron chi connectivity index (χ0n) is 10.1. The van der Waals surface area contributed by atoms with Crippen molar-refractivity contribution in [3.05, 3.63) is 47.8 Å². The highest BCUT2D eigenvalue weighted by molar-refractivity contribution is 5.34. The average Bonchev–Trinajstić information content (AvgIpc) is 3.12. The van der Waals surface area contributed by atoms with E-state index in [1.165, 1.54) is 24.1 Å². The van der Waals surface area contributed by atoms with Crippen LogP contribution in [0.1, 0.15) is 24.1 Å². The fourth-order valence-electron chi connectivity index (χ4n) is 1.99. The van der Waals surface area contributed by atoms with Gasteiger partial charge in [-0.05, 0) is 31.9 Å². The topological polar surface area (TPSA) is 29.9 Å². The Morgan fingerprint density at radius 3 is 2.76 bits per heavy atom. The number of rotatable bonds is 4. The van der Waals surface area contributed by atoms with Crippen LogP contribution in [0.4, 0.5) is 0 Å². The molecule has 0 aliphatic heterocycles. The van der Waals surface area contributed by atoms with Gasteiger partial charge in [0.1, 0.15) is 0 Å². The highest BCUT2D eigenvalue weighted by atomic mass is 15.3. The van der Waals surface area contributed by atoms with Crippen LogP contribution in [0.25, 0.3) is 5.69 Å². The first-order chi connectivity index (χ1) is 8.34. The first kappa shape index (κ1) is 10.5. The maximum absolute atomic E-state index is 4.46. The molecule has 0 spiro atoms. The van der Waals surface area contributed by atoms with Gasteiger partial charge in [-0.1, -0.05) is 18.2 Å². The van der Waals surface area contributed by atoms with E-state index in [2.05, 4.69) is 29.5 Å². The molecular formula is C14H17N3. The number of hydrogen-bond donors (Lipinski definition) is 1. The Morgan fingerprint density at radius 1 is 1.29 bits per heavy atom. The summed E-state index contributed by atoms with van der Waals surface area (Å²) in [4.78, 5) is 0. The molecule has 3 nitrogen and oxygen atoms in total. The van der Waals surface area contributed by atoms with Gasteiger partial charge in [-0.3, -0.25) is 0 Å². The standard InChI is InChI=1S/C14H17N3/c1-11-12(9-15-13-7-8-13)10-16-17(11)14-5-3-2-4-6-14/h2-6,10,13,15H,7-9H2,1H3. The monoisotopic (exact) mass is 227 g/mol. The van der Waals surface area contributed by atoms with Gasteiger partial charge in [-0.2, -0.15) is 5.10 Å². The zero-order chi connectivity index (χ0) is 11.7. The van der Waals surface area contributed by atoms with Crippen molar-refractivity contribution in [2.45, 2.75) is 32.4 Å². The van der Waals surface area contributed by atoms with Crippen molar-refractivity contribution < 1.29 is 0 Å². The van der Waals surface area contributed by atoms with Crippen molar-refractivity contribution in [2.24, 2.45) is 0 Å². The van der Waals surface area contributed by atoms with Gasteiger partial charge in [-0.25, -0.2) is 4.68 Å². The van der Waals surface area contributed by atoms with E-state index in [9.17, 15) is 0 Å². The van der Waals surface area contributed by atoms with Crippen LogP contribution in [0.15, 0.2) is 36.5 Å². The highest BCUT2D eigenvalue weighted by Crippen LogP contribution is 2.20. The highest BCUT2D eigenvalue weighted by Gasteiger charge is 2.20. The molecule has 1 fully saturated rings. The maximum atomic E-state index is 4.46. The number of hydrogen-bond acceptors (Lipinski definition) is 2. The smallest absolute Gasteiger partial charge is 0.0648 e. The third-order valence-corrected chi connectivity index (χ3v) is 3.27. The maximum Gasteiger partial charge on any atom is 0.0648 e. The van der Waals surface area contributed by atoms with Crippen LogP contribution in [0.5, 0.6) is 0 Å². The summed E-state index contributed by atoms with van der Waals surface area (Å²) in [5.74, 6) is 0. The van der Waals surface area contributed by atoms with Gasteiger partial charge in [-0.15, -0.1) is 0 Å². The van der Waals surface area contributed by atoms with Gasteiger partial charge in [0.2, 0.25) is 0 Å². The first-order valence-electron chi connectivity index (χ1n) is 6.17. The summed E-state index contributed by atoms with van der Waals surface area (Å²) in [7, 11) is 0. The number of aromatic nitrogens is 2. The fraction of sp³-hybridized carbons (Fsp3) is 0.357. The van der Waals surface area contributed by atoms with Crippen LogP contribution in [-0.2, 0) is 6.54 Å². The Hall–Kier alpha value is -1.61. The normalized spacial score (nSPS) is 15.1. The van der Waals surface area contributed by atoms with Crippen LogP contribution in [0.2, 0.25) is 0 Å². The Labute approximate surface area is 101 Å². The summed E-state index contributed by atoms with van der Waals surface area (Å²) in [6.45, 7) is 3.06. The molecule has 1 aliphatic rings. The zero-order valence-corrected chi connectivity index (χ0v) is 10.1. The van der Waals surface area contributed by atoms with Crippen molar-refractivity contribution in [3.8, 4) is 5.69 Å². The molecule has 3 rings (SSSR count). The first-order valence-corrected chi connectivity index (χ1v) is 6.17. The lowest BCUT2D eigenvalue weighted by molar-refractivity contribution is 0.684. The van der Waals surface area contributed by atoms with Gasteiger partial charge in [0.25, 0.3) is 0 Å². The summed E-state index contributed by atoms with van der Waals surface area (Å²) in [6, 6.07) is 11.0. The molecule has 17 heavy (non-hydrogen) atoms. The molecule has 2 aromatic rings. The Balaban J connectivity index is 1.81. The van der Waals surface area contributed by atoms with E-state index >= 15 is 0 Å². The lowest BCUT2D eigenvalue weighted by Crippen LogP contribution is -2.15. The molecule has 1 heterocycles. The van der Waals surface area contributed by atoms with Crippen molar-refractivity contribution in [1.29, 1.82) is 0 Å². The lowest BCUT2D eigenvalue weighted by atomic mass is 10.2. The molecular weight excluding hydrogens is 210 g/mol. The van der Waals surface area contributed by atoms with Crippen LogP contribution in [0.3, 0.4) is 0 Å². The van der Waals surface area contributed by atoms with E-state index in [4.69, 9.17) is 0 Å². The molecule has 1 N–H and O–H groups in total. The number of para-hydroxylation sites is 1. The summed E-state index contributed by atoms with van der Waals surface area (Å²) >= 11 is 0. The second kappa shape index (κ2) is 4.34. The third kappa shape index (κ3) is 2.24. The third-order valence-electron chi connectivity index (χ3n) is 3.27. The average molecular weight is 227 g/mol. The molecule has 0 amide bonds. The van der Waals surface area contributed by atoms with Crippen LogP contribution >= 0.6 is 0 Å². The van der Waals surface area contributed by atoms with Crippen molar-refractivity contribution in [3.63, 3.8) is 0 Å². The van der Waals surface area contributed by atoms with Gasteiger partial charge in [0, 0.05) is 23.8 Å². The molecule has 0 unspecified atom stereocenters. The molecule has 1 saturated carbocycles. The minimum atomic E-state index is 0.745. The SMILES string of the molecule is Cc1c(CNC2CC2)cnn1-c1ccccc1. The molecule has 3 heteroatoms. The molecule has 0 bridgehead atoms. The Morgan fingerprint density at radius 2 is 2.06 bits per heavy atom. The van der Waals surface area contributed by atoms with Crippen LogP contribution in [0, 0.1) is 6.92 Å². The van der Waals surface area contributed by atoms with Gasteiger partial charge < -0.3 is 5.32 Å². The Kier molecular flexibility index (Phi) is 2.69. The molecule has 0 radical (unpaired) electrons. The number of nitrogens with zero attached hydrogens (tertiary/aromatic N) is 2. The fourth-order valence-corrected chi connectivity index (χ4v) is 1.99. The summed E-state index contributed by atoms with van der Waals surface area (Å²) in [5.41, 5.74) is 3.65. The molecule has 88 valence electrons. The molecule has 0 saturated heterocycles. The Bertz CT molecular complexity index is 497. The quantitative estimate of drug-likeness (QED) is 0.869. The van der Waals surface area contributed by atoms with Gasteiger partial charge >= 0.3 is 0 Å². The summed E-state index contributed by atoms with van der Waals surface area (Å²) in [6.07, 6.45) is 4.62. The van der Waals surface area contributed by atoms with Gasteiger partial charge in [0.05, 0.1) is 11.9 Å². The molecule has 1 aliphatic carbocycles. The lowest BCUT2D eigenvalue weighted by Gasteiger charge is -2.05. The van der Waals surface area contributed by atoms with E-state index in [1.54, 1.807) is 0 Å². The van der Waals surface area contributed by atoms with E-state index < -0.39 is 0 Å². The van der Waals surface area contributed by atoms with Gasteiger partial charge in [0.15, 0.2) is 0 Å². The second-order valence-electron chi connectivity index (χ2n) is 4.66. The van der Waals surface area contributed by atoms with Crippen molar-refractivity contribution in [2.75, 3.05) is 0 Å². The van der Waals surface area contributed by atoms with E-state index in [-0.39, 0.29) is 0 Å². The van der Waals surface area contributed by atoms with Crippen LogP contribution in [-0.4, -0.2) is 15.8 Å². The number of nitrogens with one attached hydrogen (secondary N) is 1. The summed E-state index contributed by atoms with van der Waals surface area (Å²) < 4.78 is 2.00. The van der Waals surface area contributed by atoms with E-state index in [1.807, 2.05) is 29.1 Å². The molecule has 0 atom stereocenters. The van der Waals surface area contributed by atoms with E-state index in [0.29, 0.717) is 0 Å². The molecule has 1 aromatic heterocycles.